The smallest absolute Gasteiger partial charge is 0.255 e. The van der Waals surface area contributed by atoms with Crippen LogP contribution >= 0.6 is 11.6 Å². The molecule has 1 N–H and O–H groups in total. The van der Waals surface area contributed by atoms with Gasteiger partial charge in [0.25, 0.3) is 5.91 Å². The third kappa shape index (κ3) is 5.66. The first-order valence-electron chi connectivity index (χ1n) is 10.6. The Morgan fingerprint density at radius 1 is 1.10 bits per heavy atom. The van der Waals surface area contributed by atoms with Gasteiger partial charge in [-0.15, -0.1) is 0 Å². The summed E-state index contributed by atoms with van der Waals surface area (Å²) in [5.41, 5.74) is 3.42. The third-order valence-electron chi connectivity index (χ3n) is 6.17. The molecule has 2 fully saturated rings. The second-order valence-corrected chi connectivity index (χ2v) is 11.1. The average Bonchev–Trinajstić information content (AvgIpc) is 3.11. The molecule has 2 heterocycles. The van der Waals surface area contributed by atoms with Crippen LogP contribution in [0.4, 0.5) is 5.69 Å². The van der Waals surface area contributed by atoms with E-state index in [9.17, 15) is 13.2 Å². The highest BCUT2D eigenvalue weighted by Gasteiger charge is 2.33. The highest BCUT2D eigenvalue weighted by molar-refractivity contribution is 7.91. The van der Waals surface area contributed by atoms with Crippen LogP contribution in [0.25, 0.3) is 0 Å². The maximum atomic E-state index is 12.5. The number of carbonyl (C=O) groups excluding carboxylic acids is 1. The van der Waals surface area contributed by atoms with Crippen molar-refractivity contribution in [3.63, 3.8) is 0 Å². The van der Waals surface area contributed by atoms with Crippen molar-refractivity contribution in [1.82, 2.24) is 9.80 Å². The summed E-state index contributed by atoms with van der Waals surface area (Å²) in [6.07, 6.45) is 0.765. The van der Waals surface area contributed by atoms with Gasteiger partial charge in [-0.25, -0.2) is 8.42 Å². The van der Waals surface area contributed by atoms with Crippen LogP contribution in [-0.4, -0.2) is 67.9 Å². The van der Waals surface area contributed by atoms with Gasteiger partial charge in [0.1, 0.15) is 0 Å². The second kappa shape index (κ2) is 9.28. The van der Waals surface area contributed by atoms with E-state index in [0.717, 1.165) is 56.0 Å². The zero-order chi connectivity index (χ0) is 22.0. The average molecular weight is 462 g/mol. The van der Waals surface area contributed by atoms with E-state index in [1.165, 1.54) is 0 Å². The van der Waals surface area contributed by atoms with Gasteiger partial charge >= 0.3 is 0 Å². The Hall–Kier alpha value is -1.93. The van der Waals surface area contributed by atoms with Gasteiger partial charge in [-0.1, -0.05) is 23.7 Å². The first-order valence-corrected chi connectivity index (χ1v) is 12.8. The van der Waals surface area contributed by atoms with Gasteiger partial charge in [-0.2, -0.15) is 0 Å². The summed E-state index contributed by atoms with van der Waals surface area (Å²) in [7, 11) is -2.84. The predicted molar refractivity (Wildman–Crippen MR) is 124 cm³/mol. The maximum Gasteiger partial charge on any atom is 0.255 e. The van der Waals surface area contributed by atoms with E-state index in [2.05, 4.69) is 15.1 Å². The van der Waals surface area contributed by atoms with Gasteiger partial charge in [0.2, 0.25) is 0 Å². The minimum atomic E-state index is -2.84. The number of rotatable bonds is 5. The monoisotopic (exact) mass is 461 g/mol. The topological polar surface area (TPSA) is 69.7 Å². The molecule has 0 spiro atoms. The van der Waals surface area contributed by atoms with Crippen molar-refractivity contribution in [2.45, 2.75) is 25.9 Å². The molecule has 2 aliphatic rings. The summed E-state index contributed by atoms with van der Waals surface area (Å²) < 4.78 is 23.4. The molecule has 166 valence electrons. The van der Waals surface area contributed by atoms with Gasteiger partial charge in [0.15, 0.2) is 9.84 Å². The number of carbonyl (C=O) groups is 1. The molecule has 8 heteroatoms. The van der Waals surface area contributed by atoms with Crippen LogP contribution in [0.2, 0.25) is 5.02 Å². The largest absolute Gasteiger partial charge is 0.322 e. The van der Waals surface area contributed by atoms with Gasteiger partial charge in [0.05, 0.1) is 11.5 Å². The van der Waals surface area contributed by atoms with Crippen LogP contribution in [0.1, 0.15) is 27.9 Å². The molecule has 31 heavy (non-hydrogen) atoms. The Morgan fingerprint density at radius 2 is 1.81 bits per heavy atom. The molecule has 2 aromatic rings. The van der Waals surface area contributed by atoms with Gasteiger partial charge < -0.3 is 5.32 Å². The summed E-state index contributed by atoms with van der Waals surface area (Å²) in [5, 5.41) is 3.59. The van der Waals surface area contributed by atoms with Crippen molar-refractivity contribution in [1.29, 1.82) is 0 Å². The Morgan fingerprint density at radius 3 is 2.42 bits per heavy atom. The van der Waals surface area contributed by atoms with E-state index >= 15 is 0 Å². The molecule has 1 atom stereocenters. The summed E-state index contributed by atoms with van der Waals surface area (Å²) in [5.74, 6) is 0.495. The number of benzene rings is 2. The molecule has 2 aliphatic heterocycles. The lowest BCUT2D eigenvalue weighted by atomic mass is 10.1. The number of sulfone groups is 1. The minimum absolute atomic E-state index is 0.145. The first kappa shape index (κ1) is 22.3. The van der Waals surface area contributed by atoms with Crippen LogP contribution in [-0.2, 0) is 16.4 Å². The van der Waals surface area contributed by atoms with Crippen molar-refractivity contribution in [3.8, 4) is 0 Å². The van der Waals surface area contributed by atoms with Crippen LogP contribution in [0.15, 0.2) is 42.5 Å². The minimum Gasteiger partial charge on any atom is -0.322 e. The quantitative estimate of drug-likeness (QED) is 0.740. The SMILES string of the molecule is Cc1cc(NC(=O)c2ccc(CN3CCN(C4CCS(=O)(=O)C4)CC3)cc2)ccc1Cl. The van der Waals surface area contributed by atoms with Crippen LogP contribution in [0.3, 0.4) is 0 Å². The fourth-order valence-electron chi connectivity index (χ4n) is 4.30. The van der Waals surface area contributed by atoms with Gasteiger partial charge in [-0.3, -0.25) is 14.6 Å². The van der Waals surface area contributed by atoms with E-state index in [0.29, 0.717) is 22.1 Å². The van der Waals surface area contributed by atoms with Crippen molar-refractivity contribution in [3.05, 3.63) is 64.2 Å². The molecule has 2 aromatic carbocycles. The lowest BCUT2D eigenvalue weighted by molar-refractivity contribution is 0.1000. The van der Waals surface area contributed by atoms with Crippen molar-refractivity contribution >= 4 is 33.0 Å². The molecule has 2 saturated heterocycles. The van der Waals surface area contributed by atoms with Crippen molar-refractivity contribution in [2.75, 3.05) is 43.0 Å². The van der Waals surface area contributed by atoms with Gasteiger partial charge in [0, 0.05) is 55.0 Å². The summed E-state index contributed by atoms with van der Waals surface area (Å²) in [6.45, 7) is 6.39. The Bertz CT molecular complexity index is 1050. The number of hydrogen-bond acceptors (Lipinski definition) is 5. The van der Waals surface area contributed by atoms with Crippen LogP contribution < -0.4 is 5.32 Å². The van der Waals surface area contributed by atoms with Crippen molar-refractivity contribution < 1.29 is 13.2 Å². The maximum absolute atomic E-state index is 12.5. The highest BCUT2D eigenvalue weighted by atomic mass is 35.5. The fraction of sp³-hybridized carbons (Fsp3) is 0.435. The Balaban J connectivity index is 1.28. The van der Waals surface area contributed by atoms with Crippen LogP contribution in [0, 0.1) is 6.92 Å². The number of nitrogens with one attached hydrogen (secondary N) is 1. The molecule has 4 rings (SSSR count). The molecule has 0 aromatic heterocycles. The fourth-order valence-corrected chi connectivity index (χ4v) is 6.17. The summed E-state index contributed by atoms with van der Waals surface area (Å²) in [6, 6.07) is 13.3. The zero-order valence-corrected chi connectivity index (χ0v) is 19.3. The Kier molecular flexibility index (Phi) is 6.67. The lowest BCUT2D eigenvalue weighted by Gasteiger charge is -2.37. The number of halogens is 1. The molecule has 0 bridgehead atoms. The number of anilines is 1. The van der Waals surface area contributed by atoms with E-state index in [4.69, 9.17) is 11.6 Å². The number of nitrogens with zero attached hydrogens (tertiary/aromatic N) is 2. The van der Waals surface area contributed by atoms with Gasteiger partial charge in [-0.05, 0) is 54.8 Å². The standard InChI is InChI=1S/C23H28ClN3O3S/c1-17-14-20(6-7-22(17)24)25-23(28)19-4-2-18(3-5-19)15-26-9-11-27(12-10-26)21-8-13-31(29,30)16-21/h2-7,14,21H,8-13,15-16H2,1H3,(H,25,28). The zero-order valence-electron chi connectivity index (χ0n) is 17.7. The Labute approximate surface area is 189 Å². The molecular weight excluding hydrogens is 434 g/mol. The molecule has 0 saturated carbocycles. The normalized spacial score (nSPS) is 21.8. The molecular formula is C23H28ClN3O3S. The number of hydrogen-bond donors (Lipinski definition) is 1. The molecule has 1 amide bonds. The molecule has 6 nitrogen and oxygen atoms in total. The highest BCUT2D eigenvalue weighted by Crippen LogP contribution is 2.21. The second-order valence-electron chi connectivity index (χ2n) is 8.48. The predicted octanol–water partition coefficient (Wildman–Crippen LogP) is 3.21. The molecule has 0 radical (unpaired) electrons. The van der Waals surface area contributed by atoms with E-state index in [1.807, 2.05) is 37.3 Å². The molecule has 0 aliphatic carbocycles. The van der Waals surface area contributed by atoms with Crippen molar-refractivity contribution in [2.24, 2.45) is 0 Å². The lowest BCUT2D eigenvalue weighted by Crippen LogP contribution is -2.50. The number of amides is 1. The summed E-state index contributed by atoms with van der Waals surface area (Å²) in [4.78, 5) is 17.2. The first-order chi connectivity index (χ1) is 14.8. The van der Waals surface area contributed by atoms with E-state index in [-0.39, 0.29) is 11.9 Å². The van der Waals surface area contributed by atoms with Crippen LogP contribution in [0.5, 0.6) is 0 Å². The number of piperazine rings is 1. The summed E-state index contributed by atoms with van der Waals surface area (Å²) >= 11 is 6.04. The third-order valence-corrected chi connectivity index (χ3v) is 8.34. The van der Waals surface area contributed by atoms with E-state index in [1.54, 1.807) is 12.1 Å². The van der Waals surface area contributed by atoms with E-state index < -0.39 is 9.84 Å². The molecule has 1 unspecified atom stereocenters. The number of aryl methyl sites for hydroxylation is 1.